The molecule has 2 rings (SSSR count). The first-order valence-corrected chi connectivity index (χ1v) is 6.81. The second-order valence-corrected chi connectivity index (χ2v) is 4.89. The van der Waals surface area contributed by atoms with E-state index in [0.29, 0.717) is 6.04 Å². The molecule has 100 valence electrons. The summed E-state index contributed by atoms with van der Waals surface area (Å²) >= 11 is 0. The Bertz CT molecular complexity index is 364. The van der Waals surface area contributed by atoms with Gasteiger partial charge in [-0.2, -0.15) is 0 Å². The van der Waals surface area contributed by atoms with E-state index in [4.69, 9.17) is 0 Å². The number of aliphatic hydroxyl groups is 1. The number of aromatic nitrogens is 1. The van der Waals surface area contributed by atoms with Crippen molar-refractivity contribution in [3.63, 3.8) is 0 Å². The summed E-state index contributed by atoms with van der Waals surface area (Å²) in [6.07, 6.45) is 6.96. The molecule has 0 radical (unpaired) electrons. The molecular formula is C14H23N3O. The summed E-state index contributed by atoms with van der Waals surface area (Å²) in [5.41, 5.74) is 1.21. The average molecular weight is 249 g/mol. The van der Waals surface area contributed by atoms with Crippen molar-refractivity contribution < 1.29 is 5.11 Å². The first-order valence-electron chi connectivity index (χ1n) is 6.81. The summed E-state index contributed by atoms with van der Waals surface area (Å²) < 4.78 is 0. The van der Waals surface area contributed by atoms with Gasteiger partial charge in [0.05, 0.1) is 6.61 Å². The molecule has 4 heteroatoms. The van der Waals surface area contributed by atoms with Gasteiger partial charge in [-0.05, 0) is 18.9 Å². The number of pyridine rings is 1. The van der Waals surface area contributed by atoms with E-state index in [0.717, 1.165) is 18.9 Å². The second kappa shape index (κ2) is 6.71. The molecule has 0 atom stereocenters. The van der Waals surface area contributed by atoms with Crippen LogP contribution in [0.25, 0.3) is 0 Å². The number of aliphatic hydroxyl groups excluding tert-OH is 1. The highest BCUT2D eigenvalue weighted by atomic mass is 16.3. The largest absolute Gasteiger partial charge is 0.395 e. The van der Waals surface area contributed by atoms with Gasteiger partial charge in [0.15, 0.2) is 0 Å². The van der Waals surface area contributed by atoms with E-state index in [-0.39, 0.29) is 6.61 Å². The zero-order valence-electron chi connectivity index (χ0n) is 11.1. The van der Waals surface area contributed by atoms with Crippen LogP contribution in [0.2, 0.25) is 0 Å². The predicted molar refractivity (Wildman–Crippen MR) is 73.5 cm³/mol. The molecule has 0 amide bonds. The first kappa shape index (κ1) is 13.3. The standard InChI is InChI=1S/C14H23N3O/c1-15-14-12(5-4-8-16-14)11-17(9-10-18)13-6-2-3-7-13/h4-5,8,13,18H,2-3,6-7,9-11H2,1H3,(H,15,16). The van der Waals surface area contributed by atoms with Crippen LogP contribution in [0.4, 0.5) is 5.82 Å². The zero-order chi connectivity index (χ0) is 12.8. The monoisotopic (exact) mass is 249 g/mol. The van der Waals surface area contributed by atoms with Crippen LogP contribution >= 0.6 is 0 Å². The van der Waals surface area contributed by atoms with E-state index in [1.165, 1.54) is 31.2 Å². The minimum absolute atomic E-state index is 0.228. The molecule has 1 aromatic rings. The smallest absolute Gasteiger partial charge is 0.130 e. The van der Waals surface area contributed by atoms with Crippen molar-refractivity contribution in [2.24, 2.45) is 0 Å². The third-order valence-corrected chi connectivity index (χ3v) is 3.73. The summed E-state index contributed by atoms with van der Waals surface area (Å²) in [6, 6.07) is 4.71. The molecule has 1 aliphatic carbocycles. The molecule has 0 aliphatic heterocycles. The van der Waals surface area contributed by atoms with Crippen molar-refractivity contribution in [1.29, 1.82) is 0 Å². The lowest BCUT2D eigenvalue weighted by molar-refractivity contribution is 0.145. The maximum atomic E-state index is 9.23. The molecule has 1 aliphatic rings. The van der Waals surface area contributed by atoms with Gasteiger partial charge in [0.2, 0.25) is 0 Å². The molecule has 1 heterocycles. The summed E-state index contributed by atoms with van der Waals surface area (Å²) in [5, 5.41) is 12.4. The Morgan fingerprint density at radius 1 is 1.44 bits per heavy atom. The van der Waals surface area contributed by atoms with Crippen LogP contribution in [0, 0.1) is 0 Å². The third-order valence-electron chi connectivity index (χ3n) is 3.73. The van der Waals surface area contributed by atoms with E-state index in [9.17, 15) is 5.11 Å². The van der Waals surface area contributed by atoms with Crippen LogP contribution in [-0.4, -0.2) is 41.2 Å². The minimum Gasteiger partial charge on any atom is -0.395 e. The number of anilines is 1. The van der Waals surface area contributed by atoms with Crippen LogP contribution < -0.4 is 5.32 Å². The summed E-state index contributed by atoms with van der Waals surface area (Å²) in [4.78, 5) is 6.73. The highest BCUT2D eigenvalue weighted by molar-refractivity contribution is 5.42. The number of nitrogens with one attached hydrogen (secondary N) is 1. The van der Waals surface area contributed by atoms with Crippen molar-refractivity contribution in [2.75, 3.05) is 25.5 Å². The highest BCUT2D eigenvalue weighted by Crippen LogP contribution is 2.25. The summed E-state index contributed by atoms with van der Waals surface area (Å²) in [6.45, 7) is 1.85. The number of hydrogen-bond donors (Lipinski definition) is 2. The summed E-state index contributed by atoms with van der Waals surface area (Å²) in [5.74, 6) is 0.943. The Morgan fingerprint density at radius 3 is 2.89 bits per heavy atom. The number of hydrogen-bond acceptors (Lipinski definition) is 4. The summed E-state index contributed by atoms with van der Waals surface area (Å²) in [7, 11) is 1.90. The van der Waals surface area contributed by atoms with Crippen LogP contribution in [0.3, 0.4) is 0 Å². The minimum atomic E-state index is 0.228. The normalized spacial score (nSPS) is 16.4. The molecule has 0 bridgehead atoms. The molecule has 1 fully saturated rings. The van der Waals surface area contributed by atoms with Gasteiger partial charge in [-0.3, -0.25) is 4.90 Å². The number of rotatable bonds is 6. The van der Waals surface area contributed by atoms with E-state index in [1.807, 2.05) is 13.1 Å². The highest BCUT2D eigenvalue weighted by Gasteiger charge is 2.22. The van der Waals surface area contributed by atoms with Gasteiger partial charge in [-0.15, -0.1) is 0 Å². The average Bonchev–Trinajstić information content (AvgIpc) is 2.92. The van der Waals surface area contributed by atoms with E-state index < -0.39 is 0 Å². The van der Waals surface area contributed by atoms with Gasteiger partial charge < -0.3 is 10.4 Å². The number of nitrogens with zero attached hydrogens (tertiary/aromatic N) is 2. The fourth-order valence-electron chi connectivity index (χ4n) is 2.80. The third kappa shape index (κ3) is 3.21. The van der Waals surface area contributed by atoms with Gasteiger partial charge in [0.25, 0.3) is 0 Å². The molecular weight excluding hydrogens is 226 g/mol. The second-order valence-electron chi connectivity index (χ2n) is 4.89. The Kier molecular flexibility index (Phi) is 4.96. The van der Waals surface area contributed by atoms with Crippen LogP contribution in [-0.2, 0) is 6.54 Å². The van der Waals surface area contributed by atoms with E-state index in [1.54, 1.807) is 6.20 Å². The lowest BCUT2D eigenvalue weighted by Gasteiger charge is -2.28. The van der Waals surface area contributed by atoms with Crippen molar-refractivity contribution in [1.82, 2.24) is 9.88 Å². The Hall–Kier alpha value is -1.13. The molecule has 0 saturated heterocycles. The van der Waals surface area contributed by atoms with Crippen molar-refractivity contribution in [3.05, 3.63) is 23.9 Å². The maximum absolute atomic E-state index is 9.23. The fourth-order valence-corrected chi connectivity index (χ4v) is 2.80. The lowest BCUT2D eigenvalue weighted by Crippen LogP contribution is -2.35. The molecule has 1 aromatic heterocycles. The molecule has 18 heavy (non-hydrogen) atoms. The topological polar surface area (TPSA) is 48.4 Å². The molecule has 0 spiro atoms. The van der Waals surface area contributed by atoms with E-state index >= 15 is 0 Å². The Morgan fingerprint density at radius 2 is 2.22 bits per heavy atom. The lowest BCUT2D eigenvalue weighted by atomic mass is 10.1. The Labute approximate surface area is 109 Å². The van der Waals surface area contributed by atoms with Crippen LogP contribution in [0.15, 0.2) is 18.3 Å². The van der Waals surface area contributed by atoms with Gasteiger partial charge in [0, 0.05) is 37.9 Å². The van der Waals surface area contributed by atoms with Crippen molar-refractivity contribution in [2.45, 2.75) is 38.3 Å². The molecule has 0 unspecified atom stereocenters. The van der Waals surface area contributed by atoms with Crippen molar-refractivity contribution >= 4 is 5.82 Å². The van der Waals surface area contributed by atoms with Crippen LogP contribution in [0.5, 0.6) is 0 Å². The quantitative estimate of drug-likeness (QED) is 0.808. The van der Waals surface area contributed by atoms with Gasteiger partial charge >= 0.3 is 0 Å². The maximum Gasteiger partial charge on any atom is 0.130 e. The van der Waals surface area contributed by atoms with Gasteiger partial charge in [-0.25, -0.2) is 4.98 Å². The molecule has 1 saturated carbocycles. The fraction of sp³-hybridized carbons (Fsp3) is 0.643. The van der Waals surface area contributed by atoms with Crippen LogP contribution in [0.1, 0.15) is 31.2 Å². The predicted octanol–water partition coefficient (Wildman–Crippen LogP) is 1.86. The van der Waals surface area contributed by atoms with Gasteiger partial charge in [-0.1, -0.05) is 18.9 Å². The zero-order valence-corrected chi connectivity index (χ0v) is 11.1. The van der Waals surface area contributed by atoms with Gasteiger partial charge in [0.1, 0.15) is 5.82 Å². The van der Waals surface area contributed by atoms with Crippen molar-refractivity contribution in [3.8, 4) is 0 Å². The molecule has 4 nitrogen and oxygen atoms in total. The Balaban J connectivity index is 2.07. The first-order chi connectivity index (χ1) is 8.85. The SMILES string of the molecule is CNc1ncccc1CN(CCO)C1CCCC1. The van der Waals surface area contributed by atoms with E-state index in [2.05, 4.69) is 21.3 Å². The molecule has 0 aromatic carbocycles. The molecule has 2 N–H and O–H groups in total.